The van der Waals surface area contributed by atoms with Crippen molar-refractivity contribution in [3.63, 3.8) is 0 Å². The zero-order valence-corrected chi connectivity index (χ0v) is 5.96. The lowest BCUT2D eigenvalue weighted by atomic mass is 10.3. The Hall–Kier alpha value is 0.480. The number of alkyl halides is 1. The number of hydrogen-bond acceptors (Lipinski definition) is 0. The molecular weight excluding hydrogens is 140 g/mol. The fourth-order valence-corrected chi connectivity index (χ4v) is 0.856. The van der Waals surface area contributed by atoms with Crippen LogP contribution in [0.25, 0.3) is 0 Å². The first-order chi connectivity index (χ1) is 2.77. The van der Waals surface area contributed by atoms with Crippen LogP contribution >= 0.6 is 15.9 Å². The summed E-state index contributed by atoms with van der Waals surface area (Å²) in [5.41, 5.74) is 0. The minimum atomic E-state index is 0.711. The van der Waals surface area contributed by atoms with Crippen LogP contribution in [0, 0.1) is 0 Å². The smallest absolute Gasteiger partial charge is 0.0117 e. The molecule has 0 aliphatic rings. The van der Waals surface area contributed by atoms with Crippen molar-refractivity contribution in [2.75, 3.05) is 0 Å². The van der Waals surface area contributed by atoms with Gasteiger partial charge in [-0.15, -0.1) is 0 Å². The second-order valence-corrected chi connectivity index (χ2v) is 3.13. The van der Waals surface area contributed by atoms with Crippen molar-refractivity contribution in [1.29, 1.82) is 0 Å². The maximum Gasteiger partial charge on any atom is 0.0117 e. The maximum absolute atomic E-state index is 3.43. The quantitative estimate of drug-likeness (QED) is 0.532. The first-order valence-electron chi connectivity index (χ1n) is 2.41. The highest BCUT2D eigenvalue weighted by Crippen LogP contribution is 2.04. The average molecular weight is 151 g/mol. The maximum atomic E-state index is 3.43. The molecule has 0 heterocycles. The summed E-state index contributed by atoms with van der Waals surface area (Å²) in [5, 5.41) is 0. The van der Waals surface area contributed by atoms with Crippen LogP contribution in [0.15, 0.2) is 0 Å². The van der Waals surface area contributed by atoms with Gasteiger partial charge in [-0.05, 0) is 6.42 Å². The monoisotopic (exact) mass is 150 g/mol. The summed E-state index contributed by atoms with van der Waals surface area (Å²) in [6.45, 7) is 4.36. The molecule has 0 spiro atoms. The molecule has 0 rings (SSSR count). The average Bonchev–Trinajstić information content (AvgIpc) is 1.35. The van der Waals surface area contributed by atoms with Gasteiger partial charge in [-0.25, -0.2) is 0 Å². The van der Waals surface area contributed by atoms with E-state index in [0.29, 0.717) is 4.83 Å². The molecule has 0 bridgehead atoms. The van der Waals surface area contributed by atoms with E-state index < -0.39 is 0 Å². The minimum Gasteiger partial charge on any atom is -0.0894 e. The van der Waals surface area contributed by atoms with E-state index in [1.54, 1.807) is 0 Å². The van der Waals surface area contributed by atoms with Gasteiger partial charge in [0.15, 0.2) is 0 Å². The molecule has 0 N–H and O–H groups in total. The van der Waals surface area contributed by atoms with Crippen molar-refractivity contribution in [2.24, 2.45) is 0 Å². The fraction of sp³-hybridized carbons (Fsp3) is 1.00. The van der Waals surface area contributed by atoms with Crippen LogP contribution in [0.4, 0.5) is 0 Å². The molecule has 0 aliphatic heterocycles. The van der Waals surface area contributed by atoms with Crippen LogP contribution in [-0.2, 0) is 0 Å². The Labute approximate surface area is 48.1 Å². The lowest BCUT2D eigenvalue weighted by molar-refractivity contribution is 0.797. The standard InChI is InChI=1S/C5H11Br/c1-3-4-5(2)6/h5H,3-4H2,1-2H3/t5-/m1/s1. The van der Waals surface area contributed by atoms with Gasteiger partial charge in [-0.3, -0.25) is 0 Å². The second-order valence-electron chi connectivity index (χ2n) is 1.57. The summed E-state index contributed by atoms with van der Waals surface area (Å²) < 4.78 is 0. The van der Waals surface area contributed by atoms with E-state index in [1.165, 1.54) is 12.8 Å². The van der Waals surface area contributed by atoms with Gasteiger partial charge in [0, 0.05) is 4.83 Å². The van der Waals surface area contributed by atoms with Gasteiger partial charge >= 0.3 is 0 Å². The van der Waals surface area contributed by atoms with E-state index in [4.69, 9.17) is 0 Å². The molecule has 0 aromatic heterocycles. The Morgan fingerprint density at radius 2 is 2.17 bits per heavy atom. The Morgan fingerprint density at radius 1 is 1.67 bits per heavy atom. The summed E-state index contributed by atoms with van der Waals surface area (Å²) in [6, 6.07) is 0. The topological polar surface area (TPSA) is 0 Å². The largest absolute Gasteiger partial charge is 0.0894 e. The Bertz CT molecular complexity index is 25.1. The van der Waals surface area contributed by atoms with Crippen molar-refractivity contribution >= 4 is 15.9 Å². The molecule has 0 radical (unpaired) electrons. The van der Waals surface area contributed by atoms with Gasteiger partial charge in [0.05, 0.1) is 0 Å². The van der Waals surface area contributed by atoms with E-state index in [-0.39, 0.29) is 0 Å². The van der Waals surface area contributed by atoms with Gasteiger partial charge in [0.1, 0.15) is 0 Å². The Morgan fingerprint density at radius 3 is 2.17 bits per heavy atom. The number of hydrogen-bond donors (Lipinski definition) is 0. The first-order valence-corrected chi connectivity index (χ1v) is 3.33. The molecule has 6 heavy (non-hydrogen) atoms. The van der Waals surface area contributed by atoms with Crippen LogP contribution in [-0.4, -0.2) is 4.83 Å². The minimum absolute atomic E-state index is 0.711. The van der Waals surface area contributed by atoms with Gasteiger partial charge < -0.3 is 0 Å². The SMILES string of the molecule is CCC[C@@H](C)Br. The predicted octanol–water partition coefficient (Wildman–Crippen LogP) is 2.57. The van der Waals surface area contributed by atoms with Crippen molar-refractivity contribution in [1.82, 2.24) is 0 Å². The zero-order chi connectivity index (χ0) is 4.99. The third-order valence-electron chi connectivity index (χ3n) is 0.686. The number of rotatable bonds is 2. The molecule has 0 aromatic rings. The molecule has 0 fully saturated rings. The molecule has 38 valence electrons. The van der Waals surface area contributed by atoms with Crippen LogP contribution in [0.5, 0.6) is 0 Å². The summed E-state index contributed by atoms with van der Waals surface area (Å²) in [4.78, 5) is 0.711. The normalized spacial score (nSPS) is 14.5. The molecule has 1 atom stereocenters. The molecule has 0 saturated heterocycles. The third-order valence-corrected chi connectivity index (χ3v) is 1.14. The van der Waals surface area contributed by atoms with Crippen LogP contribution in [0.2, 0.25) is 0 Å². The summed E-state index contributed by atoms with van der Waals surface area (Å²) >= 11 is 3.43. The molecule has 1 heteroatoms. The lowest BCUT2D eigenvalue weighted by Gasteiger charge is -1.93. The zero-order valence-electron chi connectivity index (χ0n) is 4.37. The lowest BCUT2D eigenvalue weighted by Crippen LogP contribution is -1.84. The van der Waals surface area contributed by atoms with E-state index in [9.17, 15) is 0 Å². The first kappa shape index (κ1) is 6.48. The van der Waals surface area contributed by atoms with Crippen molar-refractivity contribution in [3.8, 4) is 0 Å². The highest BCUT2D eigenvalue weighted by molar-refractivity contribution is 9.09. The van der Waals surface area contributed by atoms with E-state index in [2.05, 4.69) is 29.8 Å². The van der Waals surface area contributed by atoms with Crippen molar-refractivity contribution < 1.29 is 0 Å². The van der Waals surface area contributed by atoms with Crippen LogP contribution in [0.1, 0.15) is 26.7 Å². The van der Waals surface area contributed by atoms with E-state index >= 15 is 0 Å². The van der Waals surface area contributed by atoms with E-state index in [0.717, 1.165) is 0 Å². The summed E-state index contributed by atoms with van der Waals surface area (Å²) in [5.74, 6) is 0. The molecule has 0 amide bonds. The highest BCUT2D eigenvalue weighted by Gasteiger charge is 1.87. The molecule has 0 nitrogen and oxygen atoms in total. The highest BCUT2D eigenvalue weighted by atomic mass is 79.9. The third kappa shape index (κ3) is 4.48. The van der Waals surface area contributed by atoms with E-state index in [1.807, 2.05) is 0 Å². The molecule has 0 unspecified atom stereocenters. The fourth-order valence-electron chi connectivity index (χ4n) is 0.398. The van der Waals surface area contributed by atoms with Gasteiger partial charge in [0.25, 0.3) is 0 Å². The molecule has 0 aromatic carbocycles. The summed E-state index contributed by atoms with van der Waals surface area (Å²) in [6.07, 6.45) is 2.58. The Kier molecular flexibility index (Phi) is 3.96. The second kappa shape index (κ2) is 3.66. The van der Waals surface area contributed by atoms with Gasteiger partial charge in [0.2, 0.25) is 0 Å². The number of halogens is 1. The van der Waals surface area contributed by atoms with Crippen LogP contribution in [0.3, 0.4) is 0 Å². The van der Waals surface area contributed by atoms with Crippen LogP contribution < -0.4 is 0 Å². The van der Waals surface area contributed by atoms with Crippen molar-refractivity contribution in [2.45, 2.75) is 31.5 Å². The van der Waals surface area contributed by atoms with Gasteiger partial charge in [-0.1, -0.05) is 36.2 Å². The summed E-state index contributed by atoms with van der Waals surface area (Å²) in [7, 11) is 0. The predicted molar refractivity (Wildman–Crippen MR) is 33.3 cm³/mol. The molecule has 0 aliphatic carbocycles. The Balaban J connectivity index is 2.63. The van der Waals surface area contributed by atoms with Gasteiger partial charge in [-0.2, -0.15) is 0 Å². The molecule has 0 saturated carbocycles. The van der Waals surface area contributed by atoms with Crippen molar-refractivity contribution in [3.05, 3.63) is 0 Å². The molecular formula is C5H11Br.